The standard InChI is InChI=1S/C13H19N3OS/c1-10(16(2)3)9-15-13(17)12-7-6-11(18-12)5-4-8-14/h6-7,10H,8-9,14H2,1-3H3,(H,15,17). The molecule has 1 aromatic rings. The third-order valence-corrected chi connectivity index (χ3v) is 3.58. The van der Waals surface area contributed by atoms with Gasteiger partial charge in [0.05, 0.1) is 16.3 Å². The lowest BCUT2D eigenvalue weighted by molar-refractivity contribution is 0.0948. The molecule has 1 aromatic heterocycles. The van der Waals surface area contributed by atoms with Crippen LogP contribution in [0.1, 0.15) is 21.5 Å². The van der Waals surface area contributed by atoms with Crippen LogP contribution in [0.4, 0.5) is 0 Å². The van der Waals surface area contributed by atoms with Crippen molar-refractivity contribution >= 4 is 17.2 Å². The average Bonchev–Trinajstić information content (AvgIpc) is 2.81. The van der Waals surface area contributed by atoms with Crippen LogP contribution in [0.2, 0.25) is 0 Å². The predicted octanol–water partition coefficient (Wildman–Crippen LogP) is 0.738. The van der Waals surface area contributed by atoms with Crippen molar-refractivity contribution in [3.63, 3.8) is 0 Å². The molecule has 18 heavy (non-hydrogen) atoms. The van der Waals surface area contributed by atoms with E-state index in [9.17, 15) is 4.79 Å². The van der Waals surface area contributed by atoms with Crippen molar-refractivity contribution in [1.29, 1.82) is 0 Å². The first-order chi connectivity index (χ1) is 8.54. The summed E-state index contributed by atoms with van der Waals surface area (Å²) in [5, 5.41) is 2.91. The van der Waals surface area contributed by atoms with Crippen molar-refractivity contribution in [2.24, 2.45) is 5.73 Å². The number of rotatable bonds is 4. The topological polar surface area (TPSA) is 58.4 Å². The Kier molecular flexibility index (Phi) is 5.86. The van der Waals surface area contributed by atoms with Gasteiger partial charge in [-0.25, -0.2) is 0 Å². The summed E-state index contributed by atoms with van der Waals surface area (Å²) in [6.07, 6.45) is 0. The van der Waals surface area contributed by atoms with Crippen LogP contribution in [0.5, 0.6) is 0 Å². The molecule has 1 rings (SSSR count). The smallest absolute Gasteiger partial charge is 0.261 e. The summed E-state index contributed by atoms with van der Waals surface area (Å²) in [6, 6.07) is 3.95. The van der Waals surface area contributed by atoms with E-state index in [0.29, 0.717) is 24.0 Å². The zero-order valence-corrected chi connectivity index (χ0v) is 11.8. The van der Waals surface area contributed by atoms with Crippen LogP contribution in [0, 0.1) is 11.8 Å². The zero-order chi connectivity index (χ0) is 13.5. The van der Waals surface area contributed by atoms with Gasteiger partial charge in [0, 0.05) is 12.6 Å². The molecule has 98 valence electrons. The van der Waals surface area contributed by atoms with Gasteiger partial charge in [0.25, 0.3) is 5.91 Å². The fraction of sp³-hybridized carbons (Fsp3) is 0.462. The normalized spacial score (nSPS) is 11.8. The Balaban J connectivity index is 2.54. The highest BCUT2D eigenvalue weighted by molar-refractivity contribution is 7.14. The highest BCUT2D eigenvalue weighted by atomic mass is 32.1. The minimum atomic E-state index is -0.0468. The van der Waals surface area contributed by atoms with E-state index in [4.69, 9.17) is 5.73 Å². The van der Waals surface area contributed by atoms with Gasteiger partial charge in [-0.1, -0.05) is 11.8 Å². The molecule has 0 aliphatic rings. The number of amides is 1. The Morgan fingerprint density at radius 2 is 2.28 bits per heavy atom. The number of carbonyl (C=O) groups is 1. The van der Waals surface area contributed by atoms with E-state index in [1.54, 1.807) is 6.07 Å². The first-order valence-electron chi connectivity index (χ1n) is 5.78. The minimum absolute atomic E-state index is 0.0468. The summed E-state index contributed by atoms with van der Waals surface area (Å²) in [4.78, 5) is 15.5. The largest absolute Gasteiger partial charge is 0.350 e. The first-order valence-corrected chi connectivity index (χ1v) is 6.59. The third-order valence-electron chi connectivity index (χ3n) is 2.58. The summed E-state index contributed by atoms with van der Waals surface area (Å²) >= 11 is 1.39. The van der Waals surface area contributed by atoms with Crippen molar-refractivity contribution in [2.45, 2.75) is 13.0 Å². The highest BCUT2D eigenvalue weighted by Crippen LogP contribution is 2.15. The van der Waals surface area contributed by atoms with Crippen molar-refractivity contribution in [1.82, 2.24) is 10.2 Å². The second-order valence-corrected chi connectivity index (χ2v) is 5.28. The van der Waals surface area contributed by atoms with Crippen LogP contribution in [-0.4, -0.2) is 44.0 Å². The number of nitrogens with zero attached hydrogens (tertiary/aromatic N) is 1. The highest BCUT2D eigenvalue weighted by Gasteiger charge is 2.10. The number of hydrogen-bond donors (Lipinski definition) is 2. The molecule has 0 bridgehead atoms. The molecule has 1 atom stereocenters. The van der Waals surface area contributed by atoms with Crippen molar-refractivity contribution in [3.8, 4) is 11.8 Å². The number of nitrogens with two attached hydrogens (primary N) is 1. The number of carbonyl (C=O) groups excluding carboxylic acids is 1. The minimum Gasteiger partial charge on any atom is -0.350 e. The molecule has 0 saturated carbocycles. The Morgan fingerprint density at radius 3 is 2.89 bits per heavy atom. The Bertz CT molecular complexity index is 456. The molecule has 0 aliphatic heterocycles. The van der Waals surface area contributed by atoms with Gasteiger partial charge in [-0.2, -0.15) is 0 Å². The second-order valence-electron chi connectivity index (χ2n) is 4.19. The number of likely N-dealkylation sites (N-methyl/N-ethyl adjacent to an activating group) is 1. The second kappa shape index (κ2) is 7.17. The average molecular weight is 265 g/mol. The molecule has 0 radical (unpaired) electrons. The summed E-state index contributed by atoms with van der Waals surface area (Å²) in [6.45, 7) is 3.03. The molecule has 0 spiro atoms. The lowest BCUT2D eigenvalue weighted by Gasteiger charge is -2.19. The molecule has 0 saturated heterocycles. The fourth-order valence-electron chi connectivity index (χ4n) is 1.18. The predicted molar refractivity (Wildman–Crippen MR) is 75.7 cm³/mol. The Labute approximate surface area is 112 Å². The van der Waals surface area contributed by atoms with E-state index in [1.165, 1.54) is 11.3 Å². The maximum Gasteiger partial charge on any atom is 0.261 e. The molecule has 1 unspecified atom stereocenters. The van der Waals surface area contributed by atoms with Gasteiger partial charge in [-0.3, -0.25) is 4.79 Å². The summed E-state index contributed by atoms with van der Waals surface area (Å²) in [5.74, 6) is 5.64. The Hall–Kier alpha value is -1.35. The lowest BCUT2D eigenvalue weighted by atomic mass is 10.3. The number of nitrogens with one attached hydrogen (secondary N) is 1. The van der Waals surface area contributed by atoms with Gasteiger partial charge >= 0.3 is 0 Å². The summed E-state index contributed by atoms with van der Waals surface area (Å²) in [5.41, 5.74) is 5.30. The van der Waals surface area contributed by atoms with Gasteiger partial charge < -0.3 is 16.0 Å². The first kappa shape index (κ1) is 14.7. The van der Waals surface area contributed by atoms with Gasteiger partial charge in [-0.15, -0.1) is 11.3 Å². The number of hydrogen-bond acceptors (Lipinski definition) is 4. The molecule has 4 nitrogen and oxygen atoms in total. The molecule has 0 aromatic carbocycles. The molecule has 0 fully saturated rings. The molecular formula is C13H19N3OS. The third kappa shape index (κ3) is 4.49. The molecule has 0 aliphatic carbocycles. The van der Waals surface area contributed by atoms with Crippen LogP contribution >= 0.6 is 11.3 Å². The maximum absolute atomic E-state index is 11.9. The van der Waals surface area contributed by atoms with Crippen LogP contribution in [0.25, 0.3) is 0 Å². The van der Waals surface area contributed by atoms with Crippen LogP contribution in [0.3, 0.4) is 0 Å². The molecule has 5 heteroatoms. The van der Waals surface area contributed by atoms with E-state index < -0.39 is 0 Å². The van der Waals surface area contributed by atoms with Gasteiger partial charge in [0.1, 0.15) is 0 Å². The SMILES string of the molecule is CC(CNC(=O)c1ccc(C#CCN)s1)N(C)C. The maximum atomic E-state index is 11.9. The van der Waals surface area contributed by atoms with Crippen LogP contribution < -0.4 is 11.1 Å². The van der Waals surface area contributed by atoms with Gasteiger partial charge in [0.15, 0.2) is 0 Å². The summed E-state index contributed by atoms with van der Waals surface area (Å²) < 4.78 is 0. The van der Waals surface area contributed by atoms with E-state index in [-0.39, 0.29) is 5.91 Å². The zero-order valence-electron chi connectivity index (χ0n) is 11.0. The quantitative estimate of drug-likeness (QED) is 0.789. The molecular weight excluding hydrogens is 246 g/mol. The summed E-state index contributed by atoms with van der Waals surface area (Å²) in [7, 11) is 3.98. The van der Waals surface area contributed by atoms with Gasteiger partial charge in [0.2, 0.25) is 0 Å². The molecule has 1 heterocycles. The van der Waals surface area contributed by atoms with Gasteiger partial charge in [-0.05, 0) is 33.2 Å². The van der Waals surface area contributed by atoms with E-state index in [0.717, 1.165) is 4.88 Å². The fourth-order valence-corrected chi connectivity index (χ4v) is 1.97. The van der Waals surface area contributed by atoms with Crippen molar-refractivity contribution in [3.05, 3.63) is 21.9 Å². The molecule has 1 amide bonds. The van der Waals surface area contributed by atoms with E-state index >= 15 is 0 Å². The van der Waals surface area contributed by atoms with Crippen LogP contribution in [-0.2, 0) is 0 Å². The molecule has 3 N–H and O–H groups in total. The van der Waals surface area contributed by atoms with E-state index in [1.807, 2.05) is 20.2 Å². The lowest BCUT2D eigenvalue weighted by Crippen LogP contribution is -2.37. The Morgan fingerprint density at radius 1 is 1.56 bits per heavy atom. The van der Waals surface area contributed by atoms with E-state index in [2.05, 4.69) is 29.0 Å². The number of thiophene rings is 1. The monoisotopic (exact) mass is 265 g/mol. The van der Waals surface area contributed by atoms with Crippen molar-refractivity contribution < 1.29 is 4.79 Å². The van der Waals surface area contributed by atoms with Crippen LogP contribution in [0.15, 0.2) is 12.1 Å². The van der Waals surface area contributed by atoms with Crippen molar-refractivity contribution in [2.75, 3.05) is 27.2 Å².